The van der Waals surface area contributed by atoms with Gasteiger partial charge in [0.05, 0.1) is 0 Å². The fourth-order valence-corrected chi connectivity index (χ4v) is 0.142. The largest absolute Gasteiger partial charge is 0.471 e. The number of halogens is 3. The summed E-state index contributed by atoms with van der Waals surface area (Å²) < 4.78 is 33.1. The maximum Gasteiger partial charge on any atom is 0.471 e. The van der Waals surface area contributed by atoms with E-state index in [-0.39, 0.29) is 7.43 Å². The molecule has 1 N–H and O–H groups in total. The van der Waals surface area contributed by atoms with Gasteiger partial charge in [0.1, 0.15) is 0 Å². The molecule has 5 heteroatoms. The quantitative estimate of drug-likeness (QED) is 0.537. The zero-order valence-corrected chi connectivity index (χ0v) is 4.04. The summed E-state index contributed by atoms with van der Waals surface area (Å²) in [5.41, 5.74) is 0. The van der Waals surface area contributed by atoms with Gasteiger partial charge in [-0.3, -0.25) is 4.79 Å². The normalized spacial score (nSPS) is 9.78. The maximum absolute atomic E-state index is 11.0. The minimum atomic E-state index is -4.74. The predicted octanol–water partition coefficient (Wildman–Crippen LogP) is 0.931. The van der Waals surface area contributed by atoms with Gasteiger partial charge in [-0.1, -0.05) is 7.43 Å². The molecular formula is C4H8F3NO. The molecule has 0 saturated carbocycles. The van der Waals surface area contributed by atoms with Crippen LogP contribution in [-0.4, -0.2) is 19.1 Å². The van der Waals surface area contributed by atoms with Gasteiger partial charge in [0.2, 0.25) is 0 Å². The van der Waals surface area contributed by atoms with Gasteiger partial charge in [-0.25, -0.2) is 0 Å². The van der Waals surface area contributed by atoms with Gasteiger partial charge in [0.15, 0.2) is 0 Å². The van der Waals surface area contributed by atoms with E-state index in [0.29, 0.717) is 0 Å². The second kappa shape index (κ2) is 3.32. The monoisotopic (exact) mass is 143 g/mol. The van der Waals surface area contributed by atoms with Crippen molar-refractivity contribution in [3.05, 3.63) is 0 Å². The highest BCUT2D eigenvalue weighted by Crippen LogP contribution is 2.13. The zero-order chi connectivity index (χ0) is 6.78. The molecule has 0 saturated heterocycles. The molecule has 1 amide bonds. The lowest BCUT2D eigenvalue weighted by atomic mass is 10.6. The first-order valence-corrected chi connectivity index (χ1v) is 1.77. The van der Waals surface area contributed by atoms with Gasteiger partial charge >= 0.3 is 12.1 Å². The van der Waals surface area contributed by atoms with Crippen LogP contribution in [0.2, 0.25) is 0 Å². The SMILES string of the molecule is C.CNC(=O)C(F)(F)F. The molecule has 9 heavy (non-hydrogen) atoms. The lowest BCUT2D eigenvalue weighted by molar-refractivity contribution is -0.172. The average Bonchev–Trinajstić information content (AvgIpc) is 1.62. The van der Waals surface area contributed by atoms with E-state index < -0.39 is 12.1 Å². The third kappa shape index (κ3) is 3.81. The van der Waals surface area contributed by atoms with Crippen LogP contribution in [0.3, 0.4) is 0 Å². The second-order valence-corrected chi connectivity index (χ2v) is 1.08. The van der Waals surface area contributed by atoms with Gasteiger partial charge in [-0.2, -0.15) is 13.2 Å². The van der Waals surface area contributed by atoms with E-state index in [1.54, 1.807) is 0 Å². The van der Waals surface area contributed by atoms with Crippen molar-refractivity contribution in [2.45, 2.75) is 13.6 Å². The summed E-state index contributed by atoms with van der Waals surface area (Å²) in [5.74, 6) is -1.92. The number of nitrogens with one attached hydrogen (secondary N) is 1. The van der Waals surface area contributed by atoms with E-state index in [4.69, 9.17) is 0 Å². The smallest absolute Gasteiger partial charge is 0.351 e. The van der Waals surface area contributed by atoms with Crippen LogP contribution in [0.15, 0.2) is 0 Å². The van der Waals surface area contributed by atoms with E-state index in [1.807, 2.05) is 0 Å². The van der Waals surface area contributed by atoms with Crippen molar-refractivity contribution >= 4 is 5.91 Å². The Bertz CT molecular complexity index is 98.5. The number of carbonyl (C=O) groups excluding carboxylic acids is 1. The van der Waals surface area contributed by atoms with Crippen molar-refractivity contribution in [3.8, 4) is 0 Å². The van der Waals surface area contributed by atoms with Crippen LogP contribution >= 0.6 is 0 Å². The van der Waals surface area contributed by atoms with E-state index in [1.165, 1.54) is 5.32 Å². The van der Waals surface area contributed by atoms with Crippen LogP contribution in [0, 0.1) is 0 Å². The minimum absolute atomic E-state index is 0. The number of amides is 1. The molecule has 0 spiro atoms. The van der Waals surface area contributed by atoms with E-state index in [9.17, 15) is 18.0 Å². The van der Waals surface area contributed by atoms with E-state index >= 15 is 0 Å². The molecule has 0 atom stereocenters. The first-order valence-electron chi connectivity index (χ1n) is 1.77. The molecule has 0 aromatic heterocycles. The summed E-state index contributed by atoms with van der Waals surface area (Å²) >= 11 is 0. The van der Waals surface area contributed by atoms with Gasteiger partial charge in [0.25, 0.3) is 0 Å². The number of hydrogen-bond acceptors (Lipinski definition) is 1. The molecule has 0 rings (SSSR count). The zero-order valence-electron chi connectivity index (χ0n) is 4.04. The van der Waals surface area contributed by atoms with E-state index in [2.05, 4.69) is 0 Å². The highest BCUT2D eigenvalue weighted by molar-refractivity contribution is 5.81. The molecule has 2 nitrogen and oxygen atoms in total. The second-order valence-electron chi connectivity index (χ2n) is 1.08. The minimum Gasteiger partial charge on any atom is -0.351 e. The lowest BCUT2D eigenvalue weighted by Gasteiger charge is -2.00. The molecular weight excluding hydrogens is 135 g/mol. The fourth-order valence-electron chi connectivity index (χ4n) is 0.142. The molecule has 56 valence electrons. The van der Waals surface area contributed by atoms with Crippen molar-refractivity contribution in [1.82, 2.24) is 5.32 Å². The Hall–Kier alpha value is -0.740. The summed E-state index contributed by atoms with van der Waals surface area (Å²) in [6.45, 7) is 0. The Morgan fingerprint density at radius 1 is 1.44 bits per heavy atom. The van der Waals surface area contributed by atoms with Crippen LogP contribution in [0.5, 0.6) is 0 Å². The number of alkyl halides is 3. The van der Waals surface area contributed by atoms with Crippen molar-refractivity contribution < 1.29 is 18.0 Å². The summed E-state index contributed by atoms with van der Waals surface area (Å²) in [5, 5.41) is 1.44. The van der Waals surface area contributed by atoms with Gasteiger partial charge in [-0.05, 0) is 0 Å². The number of rotatable bonds is 0. The van der Waals surface area contributed by atoms with Crippen LogP contribution in [0.4, 0.5) is 13.2 Å². The Labute approximate surface area is 51.0 Å². The van der Waals surface area contributed by atoms with Crippen molar-refractivity contribution in [1.29, 1.82) is 0 Å². The molecule has 0 unspecified atom stereocenters. The molecule has 0 fully saturated rings. The molecule has 0 radical (unpaired) electrons. The third-order valence-electron chi connectivity index (χ3n) is 0.485. The Kier molecular flexibility index (Phi) is 4.10. The van der Waals surface area contributed by atoms with Crippen LogP contribution in [0.25, 0.3) is 0 Å². The molecule has 0 heterocycles. The first-order chi connectivity index (χ1) is 3.48. The van der Waals surface area contributed by atoms with Gasteiger partial charge in [0, 0.05) is 7.05 Å². The first kappa shape index (κ1) is 11.1. The standard InChI is InChI=1S/C3H4F3NO.CH4/c1-7-2(8)3(4,5)6;/h1H3,(H,7,8);1H4. The summed E-state index contributed by atoms with van der Waals surface area (Å²) in [4.78, 5) is 9.60. The van der Waals surface area contributed by atoms with Crippen LogP contribution < -0.4 is 5.32 Å². The molecule has 0 aromatic carbocycles. The van der Waals surface area contributed by atoms with Crippen LogP contribution in [0.1, 0.15) is 7.43 Å². The molecule has 0 aromatic rings. The molecule has 0 aliphatic rings. The van der Waals surface area contributed by atoms with E-state index in [0.717, 1.165) is 7.05 Å². The number of carbonyl (C=O) groups is 1. The summed E-state index contributed by atoms with van der Waals surface area (Å²) in [7, 11) is 0.926. The summed E-state index contributed by atoms with van der Waals surface area (Å²) in [6.07, 6.45) is -4.74. The Morgan fingerprint density at radius 2 is 1.78 bits per heavy atom. The Morgan fingerprint density at radius 3 is 1.78 bits per heavy atom. The third-order valence-corrected chi connectivity index (χ3v) is 0.485. The maximum atomic E-state index is 11.0. The molecule has 0 aliphatic carbocycles. The summed E-state index contributed by atoms with van der Waals surface area (Å²) in [6, 6.07) is 0. The predicted molar refractivity (Wildman–Crippen MR) is 26.9 cm³/mol. The molecule has 0 bridgehead atoms. The average molecular weight is 143 g/mol. The van der Waals surface area contributed by atoms with Gasteiger partial charge in [-0.15, -0.1) is 0 Å². The highest BCUT2D eigenvalue weighted by Gasteiger charge is 2.37. The lowest BCUT2D eigenvalue weighted by Crippen LogP contribution is -2.33. The van der Waals surface area contributed by atoms with Gasteiger partial charge < -0.3 is 5.32 Å². The molecule has 0 aliphatic heterocycles. The fraction of sp³-hybridized carbons (Fsp3) is 0.750. The van der Waals surface area contributed by atoms with Crippen LogP contribution in [-0.2, 0) is 4.79 Å². The highest BCUT2D eigenvalue weighted by atomic mass is 19.4. The van der Waals surface area contributed by atoms with Crippen molar-refractivity contribution in [3.63, 3.8) is 0 Å². The van der Waals surface area contributed by atoms with Crippen molar-refractivity contribution in [2.75, 3.05) is 7.05 Å². The van der Waals surface area contributed by atoms with Crippen molar-refractivity contribution in [2.24, 2.45) is 0 Å². The number of hydrogen-bond donors (Lipinski definition) is 1. The topological polar surface area (TPSA) is 29.1 Å². The Balaban J connectivity index is 0.